The second-order valence-corrected chi connectivity index (χ2v) is 6.59. The molecule has 1 aromatic carbocycles. The van der Waals surface area contributed by atoms with Crippen LogP contribution in [0.3, 0.4) is 0 Å². The van der Waals surface area contributed by atoms with E-state index in [0.717, 1.165) is 24.9 Å². The van der Waals surface area contributed by atoms with Crippen LogP contribution in [0.25, 0.3) is 0 Å². The standard InChI is InChI=1S/C18H23N3O/c1-13-8-14(2)10-16(9-13)18(4-5-18)17(22)20-15(3)11-21-7-6-19-12-21/h6-10,12,15H,4-5,11H2,1-3H3,(H,20,22)/t15-/m0/s1. The van der Waals surface area contributed by atoms with Gasteiger partial charge < -0.3 is 9.88 Å². The monoisotopic (exact) mass is 297 g/mol. The van der Waals surface area contributed by atoms with Gasteiger partial charge in [-0.25, -0.2) is 4.98 Å². The van der Waals surface area contributed by atoms with Gasteiger partial charge in [0.2, 0.25) is 5.91 Å². The normalized spacial score (nSPS) is 17.0. The maximum absolute atomic E-state index is 12.8. The minimum atomic E-state index is -0.306. The summed E-state index contributed by atoms with van der Waals surface area (Å²) >= 11 is 0. The van der Waals surface area contributed by atoms with Crippen LogP contribution >= 0.6 is 0 Å². The van der Waals surface area contributed by atoms with E-state index in [1.165, 1.54) is 11.1 Å². The van der Waals surface area contributed by atoms with E-state index in [1.54, 1.807) is 12.5 Å². The van der Waals surface area contributed by atoms with Crippen LogP contribution in [0.1, 0.15) is 36.5 Å². The molecule has 22 heavy (non-hydrogen) atoms. The van der Waals surface area contributed by atoms with E-state index >= 15 is 0 Å². The molecule has 0 bridgehead atoms. The Kier molecular flexibility index (Phi) is 3.77. The lowest BCUT2D eigenvalue weighted by molar-refractivity contribution is -0.124. The van der Waals surface area contributed by atoms with Gasteiger partial charge in [-0.15, -0.1) is 0 Å². The average Bonchev–Trinajstić information content (AvgIpc) is 3.11. The van der Waals surface area contributed by atoms with Gasteiger partial charge in [0.25, 0.3) is 0 Å². The molecule has 1 saturated carbocycles. The Labute approximate surface area is 131 Å². The van der Waals surface area contributed by atoms with Crippen LogP contribution in [0.15, 0.2) is 36.9 Å². The number of nitrogens with zero attached hydrogens (tertiary/aromatic N) is 2. The van der Waals surface area contributed by atoms with Crippen LogP contribution in [0.2, 0.25) is 0 Å². The van der Waals surface area contributed by atoms with Gasteiger partial charge in [-0.05, 0) is 39.2 Å². The minimum Gasteiger partial charge on any atom is -0.351 e. The number of carbonyl (C=O) groups is 1. The number of imidazole rings is 1. The molecule has 1 aliphatic carbocycles. The fraction of sp³-hybridized carbons (Fsp3) is 0.444. The summed E-state index contributed by atoms with van der Waals surface area (Å²) in [5.74, 6) is 0.158. The molecular weight excluding hydrogens is 274 g/mol. The first-order valence-electron chi connectivity index (χ1n) is 7.85. The van der Waals surface area contributed by atoms with E-state index in [1.807, 2.05) is 17.7 Å². The molecule has 0 unspecified atom stereocenters. The second-order valence-electron chi connectivity index (χ2n) is 6.59. The molecule has 0 aliphatic heterocycles. The first-order chi connectivity index (χ1) is 10.5. The molecular formula is C18H23N3O. The molecule has 116 valence electrons. The Morgan fingerprint density at radius 3 is 2.55 bits per heavy atom. The summed E-state index contributed by atoms with van der Waals surface area (Å²) in [6.45, 7) is 6.96. The predicted molar refractivity (Wildman–Crippen MR) is 86.7 cm³/mol. The Morgan fingerprint density at radius 2 is 2.00 bits per heavy atom. The van der Waals surface area contributed by atoms with Crippen molar-refractivity contribution in [3.63, 3.8) is 0 Å². The van der Waals surface area contributed by atoms with Gasteiger partial charge in [-0.1, -0.05) is 29.3 Å². The van der Waals surface area contributed by atoms with Crippen LogP contribution in [0, 0.1) is 13.8 Å². The zero-order chi connectivity index (χ0) is 15.7. The van der Waals surface area contributed by atoms with Crippen molar-refractivity contribution in [2.75, 3.05) is 0 Å². The van der Waals surface area contributed by atoms with Crippen LogP contribution in [0.5, 0.6) is 0 Å². The molecule has 1 N–H and O–H groups in total. The van der Waals surface area contributed by atoms with E-state index < -0.39 is 0 Å². The fourth-order valence-corrected chi connectivity index (χ4v) is 3.14. The van der Waals surface area contributed by atoms with Crippen molar-refractivity contribution in [3.8, 4) is 0 Å². The molecule has 1 fully saturated rings. The highest BCUT2D eigenvalue weighted by molar-refractivity contribution is 5.91. The number of benzene rings is 1. The van der Waals surface area contributed by atoms with E-state index in [-0.39, 0.29) is 17.4 Å². The van der Waals surface area contributed by atoms with E-state index in [2.05, 4.69) is 42.3 Å². The molecule has 0 spiro atoms. The van der Waals surface area contributed by atoms with Gasteiger partial charge in [-0.3, -0.25) is 4.79 Å². The Hall–Kier alpha value is -2.10. The summed E-state index contributed by atoms with van der Waals surface area (Å²) < 4.78 is 1.99. The third kappa shape index (κ3) is 2.91. The molecule has 1 heterocycles. The van der Waals surface area contributed by atoms with Crippen LogP contribution in [-0.2, 0) is 16.8 Å². The van der Waals surface area contributed by atoms with Crippen molar-refractivity contribution in [3.05, 3.63) is 53.6 Å². The predicted octanol–water partition coefficient (Wildman–Crippen LogP) is 2.74. The fourth-order valence-electron chi connectivity index (χ4n) is 3.14. The lowest BCUT2D eigenvalue weighted by Crippen LogP contribution is -2.42. The average molecular weight is 297 g/mol. The summed E-state index contributed by atoms with van der Waals surface area (Å²) in [5, 5.41) is 3.17. The van der Waals surface area contributed by atoms with E-state index in [4.69, 9.17) is 0 Å². The summed E-state index contributed by atoms with van der Waals surface area (Å²) in [7, 11) is 0. The van der Waals surface area contributed by atoms with Gasteiger partial charge in [0.1, 0.15) is 0 Å². The number of hydrogen-bond donors (Lipinski definition) is 1. The highest BCUT2D eigenvalue weighted by atomic mass is 16.2. The van der Waals surface area contributed by atoms with Gasteiger partial charge in [0.05, 0.1) is 11.7 Å². The molecule has 2 aromatic rings. The van der Waals surface area contributed by atoms with Crippen molar-refractivity contribution >= 4 is 5.91 Å². The van der Waals surface area contributed by atoms with Crippen molar-refractivity contribution in [2.45, 2.75) is 51.6 Å². The SMILES string of the molecule is Cc1cc(C)cc(C2(C(=O)N[C@@H](C)Cn3ccnc3)CC2)c1. The largest absolute Gasteiger partial charge is 0.351 e. The van der Waals surface area contributed by atoms with Gasteiger partial charge in [-0.2, -0.15) is 0 Å². The van der Waals surface area contributed by atoms with Crippen LogP contribution in [-0.4, -0.2) is 21.5 Å². The quantitative estimate of drug-likeness (QED) is 0.922. The first kappa shape index (κ1) is 14.8. The number of carbonyl (C=O) groups excluding carboxylic acids is 1. The number of nitrogens with one attached hydrogen (secondary N) is 1. The van der Waals surface area contributed by atoms with Gasteiger partial charge >= 0.3 is 0 Å². The van der Waals surface area contributed by atoms with Crippen molar-refractivity contribution in [1.82, 2.24) is 14.9 Å². The number of rotatable bonds is 5. The summed E-state index contributed by atoms with van der Waals surface area (Å²) in [4.78, 5) is 16.8. The van der Waals surface area contributed by atoms with Gasteiger partial charge in [0, 0.05) is 25.0 Å². The van der Waals surface area contributed by atoms with Crippen molar-refractivity contribution in [2.24, 2.45) is 0 Å². The van der Waals surface area contributed by atoms with Gasteiger partial charge in [0.15, 0.2) is 0 Å². The van der Waals surface area contributed by atoms with E-state index in [9.17, 15) is 4.79 Å². The Morgan fingerprint density at radius 1 is 1.32 bits per heavy atom. The molecule has 1 atom stereocenters. The maximum Gasteiger partial charge on any atom is 0.230 e. The van der Waals surface area contributed by atoms with Crippen LogP contribution in [0.4, 0.5) is 0 Å². The Bertz CT molecular complexity index is 651. The minimum absolute atomic E-state index is 0.0880. The van der Waals surface area contributed by atoms with E-state index in [0.29, 0.717) is 0 Å². The molecule has 1 aromatic heterocycles. The number of amides is 1. The summed E-state index contributed by atoms with van der Waals surface area (Å²) in [6, 6.07) is 6.55. The third-order valence-electron chi connectivity index (χ3n) is 4.38. The second kappa shape index (κ2) is 5.59. The lowest BCUT2D eigenvalue weighted by Gasteiger charge is -2.21. The molecule has 1 aliphatic rings. The summed E-state index contributed by atoms with van der Waals surface area (Å²) in [5.41, 5.74) is 3.30. The zero-order valence-corrected chi connectivity index (χ0v) is 13.5. The molecule has 4 heteroatoms. The third-order valence-corrected chi connectivity index (χ3v) is 4.38. The Balaban J connectivity index is 1.71. The highest BCUT2D eigenvalue weighted by Gasteiger charge is 2.51. The first-order valence-corrected chi connectivity index (χ1v) is 7.85. The van der Waals surface area contributed by atoms with Crippen molar-refractivity contribution in [1.29, 1.82) is 0 Å². The zero-order valence-electron chi connectivity index (χ0n) is 13.5. The molecule has 0 saturated heterocycles. The van der Waals surface area contributed by atoms with Crippen LogP contribution < -0.4 is 5.32 Å². The topological polar surface area (TPSA) is 46.9 Å². The highest BCUT2D eigenvalue weighted by Crippen LogP contribution is 2.48. The smallest absolute Gasteiger partial charge is 0.230 e. The molecule has 0 radical (unpaired) electrons. The number of aryl methyl sites for hydroxylation is 2. The summed E-state index contributed by atoms with van der Waals surface area (Å²) in [6.07, 6.45) is 7.34. The molecule has 3 rings (SSSR count). The number of hydrogen-bond acceptors (Lipinski definition) is 2. The lowest BCUT2D eigenvalue weighted by atomic mass is 9.91. The van der Waals surface area contributed by atoms with Crippen molar-refractivity contribution < 1.29 is 4.79 Å². The number of aromatic nitrogens is 2. The maximum atomic E-state index is 12.8. The molecule has 4 nitrogen and oxygen atoms in total. The molecule has 1 amide bonds.